The van der Waals surface area contributed by atoms with Gasteiger partial charge < -0.3 is 24.4 Å². The van der Waals surface area contributed by atoms with Crippen molar-refractivity contribution in [3.63, 3.8) is 0 Å². The molecule has 1 aromatic rings. The molecule has 1 aromatic carbocycles. The topological polar surface area (TPSA) is 77.1 Å². The largest absolute Gasteiger partial charge is 0.454 e. The molecule has 134 valence electrons. The first-order valence-electron chi connectivity index (χ1n) is 8.78. The molecule has 2 saturated heterocycles. The van der Waals surface area contributed by atoms with Crippen LogP contribution in [0, 0.1) is 0 Å². The van der Waals surface area contributed by atoms with Crippen LogP contribution in [-0.2, 0) is 20.9 Å². The van der Waals surface area contributed by atoms with Gasteiger partial charge in [-0.3, -0.25) is 9.59 Å². The van der Waals surface area contributed by atoms with Crippen LogP contribution in [0.25, 0.3) is 0 Å². The number of ether oxygens (including phenoxy) is 3. The fourth-order valence-electron chi connectivity index (χ4n) is 3.58. The fourth-order valence-corrected chi connectivity index (χ4v) is 3.58. The minimum absolute atomic E-state index is 0.00920. The van der Waals surface area contributed by atoms with E-state index in [2.05, 4.69) is 5.32 Å². The summed E-state index contributed by atoms with van der Waals surface area (Å²) in [4.78, 5) is 26.4. The summed E-state index contributed by atoms with van der Waals surface area (Å²) < 4.78 is 16.2. The average molecular weight is 346 g/mol. The summed E-state index contributed by atoms with van der Waals surface area (Å²) >= 11 is 0. The zero-order valence-electron chi connectivity index (χ0n) is 14.0. The van der Waals surface area contributed by atoms with E-state index in [9.17, 15) is 9.59 Å². The second kappa shape index (κ2) is 6.92. The number of amides is 2. The number of likely N-dealkylation sites (tertiary alicyclic amines) is 1. The number of benzene rings is 1. The molecule has 2 fully saturated rings. The van der Waals surface area contributed by atoms with Crippen molar-refractivity contribution in [1.82, 2.24) is 10.2 Å². The smallest absolute Gasteiger partial charge is 0.242 e. The molecule has 3 aliphatic heterocycles. The molecule has 3 aliphatic rings. The van der Waals surface area contributed by atoms with Gasteiger partial charge in [-0.25, -0.2) is 0 Å². The molecule has 2 atom stereocenters. The van der Waals surface area contributed by atoms with E-state index in [0.29, 0.717) is 37.4 Å². The molecule has 4 rings (SSSR count). The Morgan fingerprint density at radius 2 is 2.12 bits per heavy atom. The lowest BCUT2D eigenvalue weighted by Crippen LogP contribution is -2.46. The molecule has 2 amide bonds. The van der Waals surface area contributed by atoms with Crippen LogP contribution in [0.15, 0.2) is 18.2 Å². The van der Waals surface area contributed by atoms with Gasteiger partial charge in [0.1, 0.15) is 6.04 Å². The van der Waals surface area contributed by atoms with Crippen LogP contribution in [0.1, 0.15) is 31.2 Å². The Bertz CT molecular complexity index is 671. The molecular weight excluding hydrogens is 324 g/mol. The highest BCUT2D eigenvalue weighted by Gasteiger charge is 2.36. The monoisotopic (exact) mass is 346 g/mol. The third-order valence-corrected chi connectivity index (χ3v) is 4.95. The van der Waals surface area contributed by atoms with Crippen molar-refractivity contribution in [2.45, 2.75) is 44.4 Å². The second-order valence-electron chi connectivity index (χ2n) is 6.64. The van der Waals surface area contributed by atoms with E-state index in [1.807, 2.05) is 18.2 Å². The molecular formula is C18H22N2O5. The maximum Gasteiger partial charge on any atom is 0.242 e. The van der Waals surface area contributed by atoms with Crippen LogP contribution in [-0.4, -0.2) is 48.8 Å². The van der Waals surface area contributed by atoms with Gasteiger partial charge in [-0.2, -0.15) is 0 Å². The molecule has 7 heteroatoms. The number of rotatable bonds is 5. The Kier molecular flexibility index (Phi) is 4.48. The Labute approximate surface area is 146 Å². The maximum atomic E-state index is 12.5. The number of carbonyl (C=O) groups is 2. The lowest BCUT2D eigenvalue weighted by Gasteiger charge is -2.24. The number of hydrogen-bond acceptors (Lipinski definition) is 5. The number of nitrogens with one attached hydrogen (secondary N) is 1. The summed E-state index contributed by atoms with van der Waals surface area (Å²) in [6.07, 6.45) is 3.08. The molecule has 7 nitrogen and oxygen atoms in total. The van der Waals surface area contributed by atoms with Crippen molar-refractivity contribution in [3.05, 3.63) is 23.8 Å². The van der Waals surface area contributed by atoms with Gasteiger partial charge in [0.25, 0.3) is 0 Å². The molecule has 0 aliphatic carbocycles. The van der Waals surface area contributed by atoms with Crippen LogP contribution in [0.5, 0.6) is 11.5 Å². The SMILES string of the molecule is O=C(NC[C@H]1CCCO1)[C@@H]1CCC(=O)N1Cc1ccc2c(c1)OCO2. The highest BCUT2D eigenvalue weighted by molar-refractivity contribution is 5.90. The summed E-state index contributed by atoms with van der Waals surface area (Å²) in [6.45, 7) is 1.89. The lowest BCUT2D eigenvalue weighted by atomic mass is 10.1. The zero-order valence-corrected chi connectivity index (χ0v) is 14.0. The summed E-state index contributed by atoms with van der Waals surface area (Å²) in [6, 6.07) is 5.19. The minimum atomic E-state index is -0.417. The predicted molar refractivity (Wildman–Crippen MR) is 88.1 cm³/mol. The average Bonchev–Trinajstić information content (AvgIpc) is 3.35. The number of hydrogen-bond donors (Lipinski definition) is 1. The molecule has 0 spiro atoms. The first kappa shape index (κ1) is 16.2. The quantitative estimate of drug-likeness (QED) is 0.867. The van der Waals surface area contributed by atoms with Gasteiger partial charge in [0.15, 0.2) is 11.5 Å². The van der Waals surface area contributed by atoms with E-state index >= 15 is 0 Å². The molecule has 0 radical (unpaired) electrons. The maximum absolute atomic E-state index is 12.5. The standard InChI is InChI=1S/C18H22N2O5/c21-17-6-4-14(18(22)19-9-13-2-1-7-23-13)20(17)10-12-3-5-15-16(8-12)25-11-24-15/h3,5,8,13-14H,1-2,4,6-7,9-11H2,(H,19,22)/t13-,14+/m1/s1. The summed E-state index contributed by atoms with van der Waals surface area (Å²) in [5.74, 6) is 1.31. The van der Waals surface area contributed by atoms with Crippen molar-refractivity contribution >= 4 is 11.8 Å². The van der Waals surface area contributed by atoms with Crippen molar-refractivity contribution in [3.8, 4) is 11.5 Å². The molecule has 0 saturated carbocycles. The molecule has 0 aromatic heterocycles. The van der Waals surface area contributed by atoms with Gasteiger partial charge in [0.2, 0.25) is 18.6 Å². The highest BCUT2D eigenvalue weighted by atomic mass is 16.7. The highest BCUT2D eigenvalue weighted by Crippen LogP contribution is 2.33. The van der Waals surface area contributed by atoms with Crippen LogP contribution < -0.4 is 14.8 Å². The van der Waals surface area contributed by atoms with Crippen molar-refractivity contribution in [1.29, 1.82) is 0 Å². The second-order valence-corrected chi connectivity index (χ2v) is 6.64. The molecule has 25 heavy (non-hydrogen) atoms. The Morgan fingerprint density at radius 3 is 2.96 bits per heavy atom. The molecule has 0 unspecified atom stereocenters. The van der Waals surface area contributed by atoms with Crippen molar-refractivity contribution in [2.75, 3.05) is 19.9 Å². The molecule has 3 heterocycles. The number of fused-ring (bicyclic) bond motifs is 1. The predicted octanol–water partition coefficient (Wildman–Crippen LogP) is 1.20. The van der Waals surface area contributed by atoms with Crippen LogP contribution in [0.3, 0.4) is 0 Å². The Hall–Kier alpha value is -2.28. The summed E-state index contributed by atoms with van der Waals surface area (Å²) in [5, 5.41) is 2.94. The first-order valence-corrected chi connectivity index (χ1v) is 8.78. The number of carbonyl (C=O) groups excluding carboxylic acids is 2. The van der Waals surface area contributed by atoms with E-state index in [0.717, 1.165) is 25.0 Å². The van der Waals surface area contributed by atoms with Crippen LogP contribution in [0.2, 0.25) is 0 Å². The van der Waals surface area contributed by atoms with Crippen LogP contribution >= 0.6 is 0 Å². The summed E-state index contributed by atoms with van der Waals surface area (Å²) in [5.41, 5.74) is 0.927. The van der Waals surface area contributed by atoms with Gasteiger partial charge in [0.05, 0.1) is 6.10 Å². The van der Waals surface area contributed by atoms with Crippen molar-refractivity contribution in [2.24, 2.45) is 0 Å². The number of nitrogens with zero attached hydrogens (tertiary/aromatic N) is 1. The fraction of sp³-hybridized carbons (Fsp3) is 0.556. The van der Waals surface area contributed by atoms with Gasteiger partial charge in [-0.15, -0.1) is 0 Å². The molecule has 0 bridgehead atoms. The lowest BCUT2D eigenvalue weighted by molar-refractivity contribution is -0.136. The third-order valence-electron chi connectivity index (χ3n) is 4.95. The van der Waals surface area contributed by atoms with E-state index in [4.69, 9.17) is 14.2 Å². The Morgan fingerprint density at radius 1 is 1.24 bits per heavy atom. The van der Waals surface area contributed by atoms with Gasteiger partial charge >= 0.3 is 0 Å². The van der Waals surface area contributed by atoms with Crippen molar-refractivity contribution < 1.29 is 23.8 Å². The van der Waals surface area contributed by atoms with E-state index < -0.39 is 6.04 Å². The van der Waals surface area contributed by atoms with Crippen LogP contribution in [0.4, 0.5) is 0 Å². The normalized spacial score (nSPS) is 24.8. The minimum Gasteiger partial charge on any atom is -0.454 e. The third kappa shape index (κ3) is 3.42. The van der Waals surface area contributed by atoms with Gasteiger partial charge in [-0.1, -0.05) is 6.07 Å². The van der Waals surface area contributed by atoms with E-state index in [1.165, 1.54) is 0 Å². The molecule has 1 N–H and O–H groups in total. The van der Waals surface area contributed by atoms with Gasteiger partial charge in [-0.05, 0) is 37.0 Å². The Balaban J connectivity index is 1.40. The summed E-state index contributed by atoms with van der Waals surface area (Å²) in [7, 11) is 0. The zero-order chi connectivity index (χ0) is 17.2. The first-order chi connectivity index (χ1) is 12.2. The van der Waals surface area contributed by atoms with Gasteiger partial charge in [0, 0.05) is 26.1 Å². The van der Waals surface area contributed by atoms with E-state index in [-0.39, 0.29) is 24.7 Å². The van der Waals surface area contributed by atoms with E-state index in [1.54, 1.807) is 4.90 Å².